The zero-order valence-corrected chi connectivity index (χ0v) is 18.8. The van der Waals surface area contributed by atoms with E-state index >= 15 is 0 Å². The van der Waals surface area contributed by atoms with Crippen molar-refractivity contribution < 1.29 is 13.2 Å². The lowest BCUT2D eigenvalue weighted by molar-refractivity contribution is -0.131. The highest BCUT2D eigenvalue weighted by Gasteiger charge is 2.25. The van der Waals surface area contributed by atoms with Crippen LogP contribution in [0.4, 0.5) is 5.69 Å². The molecule has 0 saturated carbocycles. The van der Waals surface area contributed by atoms with Gasteiger partial charge in [-0.1, -0.05) is 23.7 Å². The number of nitrogens with zero attached hydrogens (tertiary/aromatic N) is 2. The van der Waals surface area contributed by atoms with Crippen LogP contribution in [-0.4, -0.2) is 51.2 Å². The van der Waals surface area contributed by atoms with E-state index in [2.05, 4.69) is 4.90 Å². The summed E-state index contributed by atoms with van der Waals surface area (Å²) in [7, 11) is -3.45. The Kier molecular flexibility index (Phi) is 6.07. The van der Waals surface area contributed by atoms with Crippen LogP contribution in [0.3, 0.4) is 0 Å². The molecule has 4 rings (SSSR count). The summed E-state index contributed by atoms with van der Waals surface area (Å²) in [4.78, 5) is 17.0. The van der Waals surface area contributed by atoms with Crippen LogP contribution in [0, 0.1) is 6.92 Å². The van der Waals surface area contributed by atoms with E-state index in [1.807, 2.05) is 31.2 Å². The smallest absolute Gasteiger partial charge is 0.223 e. The molecule has 5 nitrogen and oxygen atoms in total. The predicted octanol–water partition coefficient (Wildman–Crippen LogP) is 3.65. The minimum atomic E-state index is -3.45. The van der Waals surface area contributed by atoms with Gasteiger partial charge in [-0.3, -0.25) is 4.79 Å². The van der Waals surface area contributed by atoms with E-state index in [-0.39, 0.29) is 18.1 Å². The molecule has 1 heterocycles. The second-order valence-electron chi connectivity index (χ2n) is 8.15. The van der Waals surface area contributed by atoms with Crippen molar-refractivity contribution in [1.29, 1.82) is 0 Å². The molecule has 0 unspecified atom stereocenters. The van der Waals surface area contributed by atoms with Crippen LogP contribution in [0.5, 0.6) is 0 Å². The summed E-state index contributed by atoms with van der Waals surface area (Å²) in [5, 5.41) is 0.700. The number of piperazine rings is 1. The molecule has 1 aliphatic carbocycles. The van der Waals surface area contributed by atoms with Gasteiger partial charge in [0.05, 0.1) is 10.6 Å². The Bertz CT molecular complexity index is 1060. The van der Waals surface area contributed by atoms with E-state index in [0.717, 1.165) is 36.1 Å². The maximum atomic E-state index is 12.7. The number of benzene rings is 2. The number of hydrogen-bond donors (Lipinski definition) is 0. The summed E-state index contributed by atoms with van der Waals surface area (Å²) >= 11 is 6.13. The minimum Gasteiger partial charge on any atom is -0.368 e. The summed E-state index contributed by atoms with van der Waals surface area (Å²) in [5.74, 6) is -0.236. The van der Waals surface area contributed by atoms with Gasteiger partial charge in [0.25, 0.3) is 0 Å². The van der Waals surface area contributed by atoms with E-state index in [1.54, 1.807) is 17.0 Å². The van der Waals surface area contributed by atoms with Gasteiger partial charge in [-0.05, 0) is 67.1 Å². The number of amides is 1. The average Bonchev–Trinajstić information content (AvgIpc) is 3.22. The highest BCUT2D eigenvalue weighted by atomic mass is 35.5. The van der Waals surface area contributed by atoms with Crippen molar-refractivity contribution in [3.63, 3.8) is 0 Å². The zero-order valence-electron chi connectivity index (χ0n) is 17.2. The quantitative estimate of drug-likeness (QED) is 0.703. The Morgan fingerprint density at radius 2 is 1.73 bits per heavy atom. The second kappa shape index (κ2) is 8.60. The maximum Gasteiger partial charge on any atom is 0.223 e. The standard InChI is InChI=1S/C23H27ClN2O3S/c1-17-5-7-20(24)16-22(17)25-10-12-26(13-11-25)23(27)9-14-30(28,29)21-8-6-18-3-2-4-19(18)15-21/h5-8,15-16H,2-4,9-14H2,1H3. The number of fused-ring (bicyclic) bond motifs is 1. The lowest BCUT2D eigenvalue weighted by Crippen LogP contribution is -2.49. The first-order chi connectivity index (χ1) is 14.3. The molecule has 2 aliphatic rings. The fourth-order valence-corrected chi connectivity index (χ4v) is 5.80. The van der Waals surface area contributed by atoms with Crippen LogP contribution in [0.1, 0.15) is 29.5 Å². The van der Waals surface area contributed by atoms with Crippen molar-refractivity contribution in [2.24, 2.45) is 0 Å². The van der Waals surface area contributed by atoms with Gasteiger partial charge in [0.1, 0.15) is 0 Å². The van der Waals surface area contributed by atoms with E-state index in [1.165, 1.54) is 5.56 Å². The Morgan fingerprint density at radius 1 is 1.00 bits per heavy atom. The third-order valence-electron chi connectivity index (χ3n) is 6.16. The molecule has 2 aromatic carbocycles. The van der Waals surface area contributed by atoms with E-state index in [0.29, 0.717) is 36.1 Å². The fourth-order valence-electron chi connectivity index (χ4n) is 4.36. The van der Waals surface area contributed by atoms with E-state index in [9.17, 15) is 13.2 Å². The average molecular weight is 447 g/mol. The van der Waals surface area contributed by atoms with Crippen LogP contribution in [0.25, 0.3) is 0 Å². The number of halogens is 1. The molecule has 0 radical (unpaired) electrons. The van der Waals surface area contributed by atoms with Crippen molar-refractivity contribution in [2.45, 2.75) is 37.5 Å². The monoisotopic (exact) mass is 446 g/mol. The van der Waals surface area contributed by atoms with E-state index in [4.69, 9.17) is 11.6 Å². The predicted molar refractivity (Wildman–Crippen MR) is 120 cm³/mol. The summed E-state index contributed by atoms with van der Waals surface area (Å²) in [6.07, 6.45) is 3.07. The topological polar surface area (TPSA) is 57.7 Å². The Balaban J connectivity index is 1.33. The van der Waals surface area contributed by atoms with Crippen LogP contribution >= 0.6 is 11.6 Å². The number of carbonyl (C=O) groups excluding carboxylic acids is 1. The molecule has 1 fully saturated rings. The van der Waals surface area contributed by atoms with Crippen molar-refractivity contribution in [3.05, 3.63) is 58.1 Å². The van der Waals surface area contributed by atoms with Crippen molar-refractivity contribution in [2.75, 3.05) is 36.8 Å². The van der Waals surface area contributed by atoms with Crippen LogP contribution in [0.2, 0.25) is 5.02 Å². The Hall–Kier alpha value is -2.05. The number of hydrogen-bond acceptors (Lipinski definition) is 4. The maximum absolute atomic E-state index is 12.7. The van der Waals surface area contributed by atoms with E-state index < -0.39 is 9.84 Å². The number of aryl methyl sites for hydroxylation is 3. The molecule has 160 valence electrons. The van der Waals surface area contributed by atoms with Gasteiger partial charge < -0.3 is 9.80 Å². The molecule has 0 spiro atoms. The minimum absolute atomic E-state index is 0.0234. The first-order valence-corrected chi connectivity index (χ1v) is 12.5. The molecule has 2 aromatic rings. The van der Waals surface area contributed by atoms with Crippen molar-refractivity contribution in [1.82, 2.24) is 4.90 Å². The van der Waals surface area contributed by atoms with Gasteiger partial charge in [-0.15, -0.1) is 0 Å². The molecule has 0 atom stereocenters. The highest BCUT2D eigenvalue weighted by Crippen LogP contribution is 2.27. The molecule has 7 heteroatoms. The van der Waals surface area contributed by atoms with Crippen molar-refractivity contribution >= 4 is 33.0 Å². The summed E-state index contributed by atoms with van der Waals surface area (Å²) < 4.78 is 25.5. The molecular formula is C23H27ClN2O3S. The second-order valence-corrected chi connectivity index (χ2v) is 10.7. The molecule has 1 aliphatic heterocycles. The van der Waals surface area contributed by atoms with Gasteiger partial charge >= 0.3 is 0 Å². The van der Waals surface area contributed by atoms with Crippen LogP contribution < -0.4 is 4.90 Å². The number of anilines is 1. The Morgan fingerprint density at radius 3 is 2.50 bits per heavy atom. The summed E-state index contributed by atoms with van der Waals surface area (Å²) in [6.45, 7) is 4.65. The lowest BCUT2D eigenvalue weighted by atomic mass is 10.1. The molecule has 0 bridgehead atoms. The zero-order chi connectivity index (χ0) is 21.3. The van der Waals surface area contributed by atoms with Gasteiger partial charge in [-0.25, -0.2) is 8.42 Å². The first-order valence-electron chi connectivity index (χ1n) is 10.5. The number of rotatable bonds is 5. The SMILES string of the molecule is Cc1ccc(Cl)cc1N1CCN(C(=O)CCS(=O)(=O)c2ccc3c(c2)CCC3)CC1. The largest absolute Gasteiger partial charge is 0.368 e. The summed E-state index contributed by atoms with van der Waals surface area (Å²) in [5.41, 5.74) is 4.63. The van der Waals surface area contributed by atoms with Gasteiger partial charge in [0.2, 0.25) is 5.91 Å². The first kappa shape index (κ1) is 21.2. The third-order valence-corrected chi connectivity index (χ3v) is 8.11. The lowest BCUT2D eigenvalue weighted by Gasteiger charge is -2.37. The van der Waals surface area contributed by atoms with Crippen LogP contribution in [-0.2, 0) is 27.5 Å². The summed E-state index contributed by atoms with van der Waals surface area (Å²) in [6, 6.07) is 11.2. The highest BCUT2D eigenvalue weighted by molar-refractivity contribution is 7.91. The normalized spacial score (nSPS) is 16.6. The van der Waals surface area contributed by atoms with Gasteiger partial charge in [-0.2, -0.15) is 0 Å². The number of sulfone groups is 1. The molecule has 1 saturated heterocycles. The van der Waals surface area contributed by atoms with Gasteiger partial charge in [0, 0.05) is 43.3 Å². The molecule has 0 aromatic heterocycles. The number of carbonyl (C=O) groups is 1. The molecule has 30 heavy (non-hydrogen) atoms. The van der Waals surface area contributed by atoms with Gasteiger partial charge in [0.15, 0.2) is 9.84 Å². The Labute approximate surface area is 183 Å². The third kappa shape index (κ3) is 4.49. The van der Waals surface area contributed by atoms with Crippen molar-refractivity contribution in [3.8, 4) is 0 Å². The molecule has 0 N–H and O–H groups in total. The molecule has 1 amide bonds. The fraction of sp³-hybridized carbons (Fsp3) is 0.435. The van der Waals surface area contributed by atoms with Crippen LogP contribution in [0.15, 0.2) is 41.3 Å². The molecular weight excluding hydrogens is 420 g/mol.